The number of nitrogens with one attached hydrogen (secondary N) is 1. The van der Waals surface area contributed by atoms with Crippen LogP contribution in [0.4, 0.5) is 5.69 Å². The lowest BCUT2D eigenvalue weighted by Gasteiger charge is -2.02. The van der Waals surface area contributed by atoms with Gasteiger partial charge in [-0.25, -0.2) is 0 Å². The third-order valence-electron chi connectivity index (χ3n) is 1.68. The third-order valence-corrected chi connectivity index (χ3v) is 1.93. The molecule has 0 atom stereocenters. The lowest BCUT2D eigenvalue weighted by Crippen LogP contribution is -2.12. The van der Waals surface area contributed by atoms with Crippen molar-refractivity contribution in [1.29, 1.82) is 0 Å². The first-order valence-electron chi connectivity index (χ1n) is 4.34. The highest BCUT2D eigenvalue weighted by Crippen LogP contribution is 2.10. The molecule has 0 aliphatic heterocycles. The number of rotatable bonds is 4. The second kappa shape index (κ2) is 5.98. The Balaban J connectivity index is 2.67. The molecule has 0 aliphatic rings. The summed E-state index contributed by atoms with van der Waals surface area (Å²) in [7, 11) is 0. The van der Waals surface area contributed by atoms with E-state index in [4.69, 9.17) is 11.6 Å². The van der Waals surface area contributed by atoms with Crippen LogP contribution in [0, 0.1) is 0 Å². The number of allylic oxidation sites excluding steroid dienone is 1. The number of hydrogen-bond acceptors (Lipinski definition) is 2. The van der Waals surface area contributed by atoms with Crippen LogP contribution >= 0.6 is 11.6 Å². The van der Waals surface area contributed by atoms with Gasteiger partial charge in [-0.05, 0) is 23.8 Å². The highest BCUT2D eigenvalue weighted by molar-refractivity contribution is 6.29. The Bertz CT molecular complexity index is 371. The maximum absolute atomic E-state index is 10.9. The lowest BCUT2D eigenvalue weighted by atomic mass is 10.2. The number of benzene rings is 1. The normalized spacial score (nSPS) is 10.2. The molecule has 1 aromatic carbocycles. The van der Waals surface area contributed by atoms with Gasteiger partial charge in [0.2, 0.25) is 5.91 Å². The number of anilines is 1. The maximum atomic E-state index is 10.9. The molecule has 0 radical (unpaired) electrons. The summed E-state index contributed by atoms with van der Waals surface area (Å²) in [5.41, 5.74) is 1.58. The molecule has 1 amide bonds. The minimum absolute atomic E-state index is 0.0627. The molecular weight excluding hydrogens is 214 g/mol. The van der Waals surface area contributed by atoms with E-state index in [1.54, 1.807) is 30.3 Å². The van der Waals surface area contributed by atoms with Gasteiger partial charge in [-0.3, -0.25) is 9.59 Å². The zero-order valence-electron chi connectivity index (χ0n) is 7.94. The topological polar surface area (TPSA) is 46.2 Å². The molecule has 78 valence electrons. The first kappa shape index (κ1) is 11.5. The van der Waals surface area contributed by atoms with Gasteiger partial charge in [-0.2, -0.15) is 0 Å². The average molecular weight is 224 g/mol. The molecule has 0 unspecified atom stereocenters. The summed E-state index contributed by atoms with van der Waals surface area (Å²) in [4.78, 5) is 21.0. The third kappa shape index (κ3) is 3.95. The number of halogens is 1. The van der Waals surface area contributed by atoms with Gasteiger partial charge in [0, 0.05) is 5.69 Å². The van der Waals surface area contributed by atoms with E-state index in [2.05, 4.69) is 5.32 Å². The zero-order chi connectivity index (χ0) is 11.1. The molecular formula is C11H10ClNO2. The lowest BCUT2D eigenvalue weighted by molar-refractivity contribution is -0.114. The van der Waals surface area contributed by atoms with Crippen molar-refractivity contribution in [3.63, 3.8) is 0 Å². The molecule has 0 aromatic heterocycles. The Labute approximate surface area is 92.7 Å². The van der Waals surface area contributed by atoms with E-state index < -0.39 is 0 Å². The molecule has 1 N–H and O–H groups in total. The first-order chi connectivity index (χ1) is 7.26. The smallest absolute Gasteiger partial charge is 0.239 e. The average Bonchev–Trinajstić information content (AvgIpc) is 2.28. The minimum Gasteiger partial charge on any atom is -0.325 e. The quantitative estimate of drug-likeness (QED) is 0.483. The summed E-state index contributed by atoms with van der Waals surface area (Å²) in [6.45, 7) is 0. The molecule has 0 aliphatic carbocycles. The Morgan fingerprint density at radius 2 is 2.00 bits per heavy atom. The SMILES string of the molecule is O=CC=Cc1ccc(NC(=O)CCl)cc1. The molecule has 0 spiro atoms. The molecule has 15 heavy (non-hydrogen) atoms. The van der Waals surface area contributed by atoms with E-state index in [0.29, 0.717) is 12.0 Å². The molecule has 0 fully saturated rings. The Kier molecular flexibility index (Phi) is 4.57. The summed E-state index contributed by atoms with van der Waals surface area (Å²) < 4.78 is 0. The van der Waals surface area contributed by atoms with Crippen LogP contribution in [0.3, 0.4) is 0 Å². The number of carbonyl (C=O) groups excluding carboxylic acids is 2. The summed E-state index contributed by atoms with van der Waals surface area (Å²) in [6.07, 6.45) is 3.80. The second-order valence-electron chi connectivity index (χ2n) is 2.80. The van der Waals surface area contributed by atoms with E-state index in [0.717, 1.165) is 5.56 Å². The molecule has 0 saturated carbocycles. The van der Waals surface area contributed by atoms with Gasteiger partial charge in [0.15, 0.2) is 0 Å². The number of hydrogen-bond donors (Lipinski definition) is 1. The standard InChI is InChI=1S/C11H10ClNO2/c12-8-11(15)13-10-5-3-9(4-6-10)2-1-7-14/h1-7H,8H2,(H,13,15). The predicted molar refractivity (Wildman–Crippen MR) is 60.9 cm³/mol. The molecule has 1 rings (SSSR count). The molecule has 0 heterocycles. The summed E-state index contributed by atoms with van der Waals surface area (Å²) >= 11 is 5.34. The number of aldehydes is 1. The van der Waals surface area contributed by atoms with Crippen molar-refractivity contribution in [1.82, 2.24) is 0 Å². The fraction of sp³-hybridized carbons (Fsp3) is 0.0909. The van der Waals surface area contributed by atoms with Crippen LogP contribution < -0.4 is 5.32 Å². The van der Waals surface area contributed by atoms with E-state index in [1.165, 1.54) is 6.08 Å². The number of amides is 1. The summed E-state index contributed by atoms with van der Waals surface area (Å²) in [5.74, 6) is -0.305. The second-order valence-corrected chi connectivity index (χ2v) is 3.07. The molecule has 0 saturated heterocycles. The van der Waals surface area contributed by atoms with Crippen LogP contribution in [-0.2, 0) is 9.59 Å². The van der Waals surface area contributed by atoms with E-state index in [9.17, 15) is 9.59 Å². The van der Waals surface area contributed by atoms with E-state index in [1.807, 2.05) is 0 Å². The van der Waals surface area contributed by atoms with Crippen molar-refractivity contribution < 1.29 is 9.59 Å². The fourth-order valence-corrected chi connectivity index (χ4v) is 1.09. The van der Waals surface area contributed by atoms with Crippen molar-refractivity contribution in [2.75, 3.05) is 11.2 Å². The highest BCUT2D eigenvalue weighted by atomic mass is 35.5. The van der Waals surface area contributed by atoms with Crippen molar-refractivity contribution in [2.24, 2.45) is 0 Å². The summed E-state index contributed by atoms with van der Waals surface area (Å²) in [5, 5.41) is 2.61. The van der Waals surface area contributed by atoms with Gasteiger partial charge in [-0.1, -0.05) is 18.2 Å². The van der Waals surface area contributed by atoms with Gasteiger partial charge in [0.25, 0.3) is 0 Å². The van der Waals surface area contributed by atoms with Gasteiger partial charge >= 0.3 is 0 Å². The highest BCUT2D eigenvalue weighted by Gasteiger charge is 1.98. The van der Waals surface area contributed by atoms with Gasteiger partial charge in [-0.15, -0.1) is 11.6 Å². The zero-order valence-corrected chi connectivity index (χ0v) is 8.70. The minimum atomic E-state index is -0.243. The van der Waals surface area contributed by atoms with Crippen LogP contribution in [-0.4, -0.2) is 18.1 Å². The predicted octanol–water partition coefficient (Wildman–Crippen LogP) is 2.08. The van der Waals surface area contributed by atoms with Crippen LogP contribution in [0.25, 0.3) is 6.08 Å². The van der Waals surface area contributed by atoms with Crippen LogP contribution in [0.15, 0.2) is 30.3 Å². The van der Waals surface area contributed by atoms with Gasteiger partial charge in [0.1, 0.15) is 12.2 Å². The number of alkyl halides is 1. The van der Waals surface area contributed by atoms with Crippen molar-refractivity contribution in [2.45, 2.75) is 0 Å². The Hall–Kier alpha value is -1.61. The maximum Gasteiger partial charge on any atom is 0.239 e. The Morgan fingerprint density at radius 1 is 1.33 bits per heavy atom. The van der Waals surface area contributed by atoms with Crippen molar-refractivity contribution in [3.8, 4) is 0 Å². The van der Waals surface area contributed by atoms with E-state index >= 15 is 0 Å². The largest absolute Gasteiger partial charge is 0.325 e. The fourth-order valence-electron chi connectivity index (χ4n) is 1.02. The first-order valence-corrected chi connectivity index (χ1v) is 4.87. The van der Waals surface area contributed by atoms with Crippen molar-refractivity contribution in [3.05, 3.63) is 35.9 Å². The van der Waals surface area contributed by atoms with Gasteiger partial charge < -0.3 is 5.32 Å². The molecule has 4 heteroatoms. The van der Waals surface area contributed by atoms with E-state index in [-0.39, 0.29) is 11.8 Å². The van der Waals surface area contributed by atoms with Crippen LogP contribution in [0.5, 0.6) is 0 Å². The van der Waals surface area contributed by atoms with Gasteiger partial charge in [0.05, 0.1) is 0 Å². The van der Waals surface area contributed by atoms with Crippen LogP contribution in [0.2, 0.25) is 0 Å². The van der Waals surface area contributed by atoms with Crippen molar-refractivity contribution >= 4 is 35.6 Å². The molecule has 0 bridgehead atoms. The Morgan fingerprint density at radius 3 is 2.53 bits per heavy atom. The number of carbonyl (C=O) groups is 2. The summed E-state index contributed by atoms with van der Waals surface area (Å²) in [6, 6.07) is 7.08. The molecule has 1 aromatic rings. The monoisotopic (exact) mass is 223 g/mol. The molecule has 3 nitrogen and oxygen atoms in total. The van der Waals surface area contributed by atoms with Crippen LogP contribution in [0.1, 0.15) is 5.56 Å².